The van der Waals surface area contributed by atoms with Gasteiger partial charge in [-0.2, -0.15) is 0 Å². The number of Topliss-reactive ketones (excluding diaryl/α,β-unsaturated/α-hetero) is 1. The van der Waals surface area contributed by atoms with E-state index in [-0.39, 0.29) is 18.2 Å². The molecule has 6 heteroatoms. The zero-order valence-corrected chi connectivity index (χ0v) is 10.4. The van der Waals surface area contributed by atoms with E-state index in [2.05, 4.69) is 20.6 Å². The van der Waals surface area contributed by atoms with Crippen molar-refractivity contribution in [2.75, 3.05) is 19.6 Å². The third kappa shape index (κ3) is 4.38. The van der Waals surface area contributed by atoms with Gasteiger partial charge in [0.2, 0.25) is 0 Å². The van der Waals surface area contributed by atoms with E-state index in [0.717, 1.165) is 13.1 Å². The normalized spacial score (nSPS) is 18.7. The maximum absolute atomic E-state index is 11.6. The molecule has 1 atom stereocenters. The molecule has 94 valence electrons. The van der Waals surface area contributed by atoms with Crippen molar-refractivity contribution in [3.05, 3.63) is 24.3 Å². The average molecular weight is 257 g/mol. The Morgan fingerprint density at radius 2 is 2.41 bits per heavy atom. The van der Waals surface area contributed by atoms with Crippen molar-refractivity contribution >= 4 is 18.2 Å². The van der Waals surface area contributed by atoms with E-state index >= 15 is 0 Å². The van der Waals surface area contributed by atoms with E-state index in [1.54, 1.807) is 6.20 Å². The van der Waals surface area contributed by atoms with Crippen molar-refractivity contribution in [1.29, 1.82) is 0 Å². The van der Waals surface area contributed by atoms with Gasteiger partial charge in [0.05, 0.1) is 12.7 Å². The summed E-state index contributed by atoms with van der Waals surface area (Å²) in [6.07, 6.45) is 7.01. The second-order valence-electron chi connectivity index (χ2n) is 3.94. The molecule has 2 rings (SSSR count). The maximum Gasteiger partial charge on any atom is 0.196 e. The predicted molar refractivity (Wildman–Crippen MR) is 67.5 cm³/mol. The number of carbonyl (C=O) groups excluding carboxylic acids is 1. The SMILES string of the molecule is Cl.O=C(CNCC1CCCN1)c1cnccn1. The lowest BCUT2D eigenvalue weighted by Gasteiger charge is -2.10. The van der Waals surface area contributed by atoms with Crippen LogP contribution >= 0.6 is 12.4 Å². The molecule has 0 aliphatic carbocycles. The largest absolute Gasteiger partial charge is 0.313 e. The van der Waals surface area contributed by atoms with Gasteiger partial charge in [0.15, 0.2) is 5.78 Å². The summed E-state index contributed by atoms with van der Waals surface area (Å²) < 4.78 is 0. The Bertz CT molecular complexity index is 341. The zero-order valence-electron chi connectivity index (χ0n) is 9.56. The highest BCUT2D eigenvalue weighted by Crippen LogP contribution is 2.02. The Morgan fingerprint density at radius 1 is 1.53 bits per heavy atom. The molecule has 1 fully saturated rings. The number of halogens is 1. The van der Waals surface area contributed by atoms with Crippen molar-refractivity contribution in [1.82, 2.24) is 20.6 Å². The molecule has 2 heterocycles. The molecule has 0 saturated carbocycles. The third-order valence-corrected chi connectivity index (χ3v) is 2.69. The summed E-state index contributed by atoms with van der Waals surface area (Å²) in [5.74, 6) is -0.00824. The second-order valence-corrected chi connectivity index (χ2v) is 3.94. The van der Waals surface area contributed by atoms with E-state index in [4.69, 9.17) is 0 Å². The molecular weight excluding hydrogens is 240 g/mol. The first-order valence-electron chi connectivity index (χ1n) is 5.59. The Kier molecular flexibility index (Phi) is 6.04. The summed E-state index contributed by atoms with van der Waals surface area (Å²) in [4.78, 5) is 19.5. The van der Waals surface area contributed by atoms with Crippen LogP contribution in [0.2, 0.25) is 0 Å². The molecule has 1 aromatic heterocycles. The average Bonchev–Trinajstić information content (AvgIpc) is 2.83. The predicted octanol–water partition coefficient (Wildman–Crippen LogP) is 0.423. The van der Waals surface area contributed by atoms with Crippen LogP contribution in [-0.2, 0) is 0 Å². The summed E-state index contributed by atoms with van der Waals surface area (Å²) in [5, 5.41) is 6.51. The van der Waals surface area contributed by atoms with Crippen molar-refractivity contribution in [2.24, 2.45) is 0 Å². The quantitative estimate of drug-likeness (QED) is 0.748. The highest BCUT2D eigenvalue weighted by atomic mass is 35.5. The van der Waals surface area contributed by atoms with Gasteiger partial charge >= 0.3 is 0 Å². The number of aromatic nitrogens is 2. The molecular formula is C11H17ClN4O. The smallest absolute Gasteiger partial charge is 0.196 e. The minimum atomic E-state index is -0.00824. The Labute approximate surface area is 107 Å². The lowest BCUT2D eigenvalue weighted by Crippen LogP contribution is -2.36. The van der Waals surface area contributed by atoms with Gasteiger partial charge in [-0.05, 0) is 19.4 Å². The second kappa shape index (κ2) is 7.32. The van der Waals surface area contributed by atoms with Gasteiger partial charge in [0.1, 0.15) is 5.69 Å². The molecule has 1 aliphatic rings. The summed E-state index contributed by atoms with van der Waals surface area (Å²) in [7, 11) is 0. The molecule has 1 aromatic rings. The molecule has 2 N–H and O–H groups in total. The molecule has 1 aliphatic heterocycles. The fourth-order valence-corrected chi connectivity index (χ4v) is 1.82. The summed E-state index contributed by atoms with van der Waals surface area (Å²) >= 11 is 0. The Balaban J connectivity index is 0.00000144. The van der Waals surface area contributed by atoms with Gasteiger partial charge < -0.3 is 10.6 Å². The lowest BCUT2D eigenvalue weighted by molar-refractivity contribution is 0.0985. The molecule has 17 heavy (non-hydrogen) atoms. The van der Waals surface area contributed by atoms with Crippen LogP contribution in [0.25, 0.3) is 0 Å². The zero-order chi connectivity index (χ0) is 11.2. The number of nitrogens with zero attached hydrogens (tertiary/aromatic N) is 2. The van der Waals surface area contributed by atoms with E-state index in [1.165, 1.54) is 25.2 Å². The molecule has 0 radical (unpaired) electrons. The fourth-order valence-electron chi connectivity index (χ4n) is 1.82. The van der Waals surface area contributed by atoms with Crippen molar-refractivity contribution in [2.45, 2.75) is 18.9 Å². The van der Waals surface area contributed by atoms with Crippen LogP contribution in [0.15, 0.2) is 18.6 Å². The van der Waals surface area contributed by atoms with Crippen molar-refractivity contribution in [3.8, 4) is 0 Å². The minimum absolute atomic E-state index is 0. The summed E-state index contributed by atoms with van der Waals surface area (Å²) in [6.45, 7) is 2.26. The number of rotatable bonds is 5. The first-order valence-corrected chi connectivity index (χ1v) is 5.59. The number of hydrogen-bond acceptors (Lipinski definition) is 5. The molecule has 0 spiro atoms. The van der Waals surface area contributed by atoms with Crippen LogP contribution in [0.4, 0.5) is 0 Å². The standard InChI is InChI=1S/C11H16N4O.ClH/c16-11(10-7-12-4-5-15-10)8-13-6-9-2-1-3-14-9;/h4-5,7,9,13-14H,1-3,6,8H2;1H. The van der Waals surface area contributed by atoms with E-state index in [9.17, 15) is 4.79 Å². The molecule has 1 saturated heterocycles. The highest BCUT2D eigenvalue weighted by Gasteiger charge is 2.14. The molecule has 0 aromatic carbocycles. The number of nitrogens with one attached hydrogen (secondary N) is 2. The first-order chi connectivity index (χ1) is 7.86. The van der Waals surface area contributed by atoms with Crippen LogP contribution in [-0.4, -0.2) is 41.4 Å². The maximum atomic E-state index is 11.6. The molecule has 0 amide bonds. The van der Waals surface area contributed by atoms with Crippen molar-refractivity contribution < 1.29 is 4.79 Å². The molecule has 5 nitrogen and oxygen atoms in total. The third-order valence-electron chi connectivity index (χ3n) is 2.69. The van der Waals surface area contributed by atoms with Gasteiger partial charge in [-0.15, -0.1) is 12.4 Å². The van der Waals surface area contributed by atoms with Gasteiger partial charge in [-0.25, -0.2) is 4.98 Å². The summed E-state index contributed by atoms with van der Waals surface area (Å²) in [5.41, 5.74) is 0.425. The van der Waals surface area contributed by atoms with Crippen LogP contribution in [0.1, 0.15) is 23.3 Å². The van der Waals surface area contributed by atoms with Crippen LogP contribution in [0.3, 0.4) is 0 Å². The topological polar surface area (TPSA) is 66.9 Å². The van der Waals surface area contributed by atoms with Crippen LogP contribution in [0, 0.1) is 0 Å². The van der Waals surface area contributed by atoms with Crippen LogP contribution < -0.4 is 10.6 Å². The van der Waals surface area contributed by atoms with Crippen LogP contribution in [0.5, 0.6) is 0 Å². The van der Waals surface area contributed by atoms with Crippen molar-refractivity contribution in [3.63, 3.8) is 0 Å². The summed E-state index contributed by atoms with van der Waals surface area (Å²) in [6, 6.07) is 0.509. The fraction of sp³-hybridized carbons (Fsp3) is 0.545. The highest BCUT2D eigenvalue weighted by molar-refractivity contribution is 5.95. The number of hydrogen-bond donors (Lipinski definition) is 2. The molecule has 0 bridgehead atoms. The van der Waals surface area contributed by atoms with Gasteiger partial charge in [-0.1, -0.05) is 0 Å². The lowest BCUT2D eigenvalue weighted by atomic mass is 10.2. The van der Waals surface area contributed by atoms with Gasteiger partial charge in [0, 0.05) is 25.0 Å². The monoisotopic (exact) mass is 256 g/mol. The van der Waals surface area contributed by atoms with Gasteiger partial charge in [-0.3, -0.25) is 9.78 Å². The Morgan fingerprint density at radius 3 is 3.06 bits per heavy atom. The first kappa shape index (κ1) is 14.0. The van der Waals surface area contributed by atoms with E-state index < -0.39 is 0 Å². The minimum Gasteiger partial charge on any atom is -0.313 e. The number of ketones is 1. The number of carbonyl (C=O) groups is 1. The van der Waals surface area contributed by atoms with E-state index in [1.807, 2.05) is 0 Å². The van der Waals surface area contributed by atoms with Gasteiger partial charge in [0.25, 0.3) is 0 Å². The van der Waals surface area contributed by atoms with E-state index in [0.29, 0.717) is 18.3 Å². The Hall–Kier alpha value is -1.04. The molecule has 1 unspecified atom stereocenters.